The smallest absolute Gasteiger partial charge is 0.162 e. The van der Waals surface area contributed by atoms with Crippen molar-refractivity contribution in [3.05, 3.63) is 11.8 Å². The zero-order valence-corrected chi connectivity index (χ0v) is 11.9. The average molecular weight is 225 g/mol. The molecular weight excluding hydrogens is 198 g/mol. The monoisotopic (exact) mass is 225 g/mol. The van der Waals surface area contributed by atoms with E-state index < -0.39 is 0 Å². The molecule has 0 aromatic carbocycles. The average Bonchev–Trinajstić information content (AvgIpc) is 2.08. The summed E-state index contributed by atoms with van der Waals surface area (Å²) in [4.78, 5) is 12.0. The van der Waals surface area contributed by atoms with Crippen molar-refractivity contribution < 1.29 is 4.79 Å². The highest BCUT2D eigenvalue weighted by atomic mass is 16.1. The molecule has 0 fully saturated rings. The first-order valence-corrected chi connectivity index (χ1v) is 6.09. The van der Waals surface area contributed by atoms with Crippen LogP contribution in [0.1, 0.15) is 54.9 Å². The van der Waals surface area contributed by atoms with Gasteiger partial charge in [-0.2, -0.15) is 0 Å². The predicted molar refractivity (Wildman–Crippen MR) is 70.3 cm³/mol. The minimum atomic E-state index is -0.301. The first kappa shape index (κ1) is 15.2. The van der Waals surface area contributed by atoms with Crippen molar-refractivity contribution in [1.82, 2.24) is 5.32 Å². The van der Waals surface area contributed by atoms with Crippen LogP contribution in [0.15, 0.2) is 11.8 Å². The Balaban J connectivity index is 4.90. The molecule has 0 amide bonds. The van der Waals surface area contributed by atoms with E-state index in [1.807, 2.05) is 20.8 Å². The van der Waals surface area contributed by atoms with E-state index >= 15 is 0 Å². The van der Waals surface area contributed by atoms with Gasteiger partial charge in [-0.25, -0.2) is 0 Å². The van der Waals surface area contributed by atoms with Crippen LogP contribution in [0.4, 0.5) is 0 Å². The van der Waals surface area contributed by atoms with Crippen molar-refractivity contribution in [3.8, 4) is 0 Å². The van der Waals surface area contributed by atoms with Crippen molar-refractivity contribution in [1.29, 1.82) is 0 Å². The van der Waals surface area contributed by atoms with Crippen LogP contribution in [-0.4, -0.2) is 12.3 Å². The van der Waals surface area contributed by atoms with Crippen molar-refractivity contribution in [3.63, 3.8) is 0 Å². The lowest BCUT2D eigenvalue weighted by molar-refractivity contribution is -0.121. The molecule has 0 bridgehead atoms. The normalized spacial score (nSPS) is 13.8. The highest BCUT2D eigenvalue weighted by Gasteiger charge is 2.23. The van der Waals surface area contributed by atoms with Gasteiger partial charge in [0.25, 0.3) is 0 Å². The topological polar surface area (TPSA) is 29.1 Å². The molecule has 0 unspecified atom stereocenters. The number of hydrogen-bond donors (Lipinski definition) is 1. The fourth-order valence-corrected chi connectivity index (χ4v) is 1.14. The number of rotatable bonds is 4. The summed E-state index contributed by atoms with van der Waals surface area (Å²) < 4.78 is 0. The van der Waals surface area contributed by atoms with Crippen LogP contribution in [0.25, 0.3) is 0 Å². The van der Waals surface area contributed by atoms with Crippen molar-refractivity contribution in [2.24, 2.45) is 10.8 Å². The lowest BCUT2D eigenvalue weighted by Gasteiger charge is -2.25. The zero-order valence-electron chi connectivity index (χ0n) is 11.9. The van der Waals surface area contributed by atoms with Crippen LogP contribution >= 0.6 is 0 Å². The summed E-state index contributed by atoms with van der Waals surface area (Å²) in [6.45, 7) is 15.3. The minimum Gasteiger partial charge on any atom is -0.388 e. The maximum atomic E-state index is 12.0. The lowest BCUT2D eigenvalue weighted by Crippen LogP contribution is -2.28. The summed E-state index contributed by atoms with van der Waals surface area (Å²) in [6, 6.07) is 0. The van der Waals surface area contributed by atoms with Crippen molar-refractivity contribution in [2.45, 2.75) is 54.9 Å². The van der Waals surface area contributed by atoms with Crippen LogP contribution in [0.5, 0.6) is 0 Å². The Morgan fingerprint density at radius 1 is 1.06 bits per heavy atom. The Morgan fingerprint density at radius 2 is 1.56 bits per heavy atom. The fourth-order valence-electron chi connectivity index (χ4n) is 1.14. The maximum Gasteiger partial charge on any atom is 0.162 e. The van der Waals surface area contributed by atoms with Gasteiger partial charge in [-0.3, -0.25) is 4.79 Å². The Morgan fingerprint density at radius 3 is 1.88 bits per heavy atom. The van der Waals surface area contributed by atoms with Crippen LogP contribution in [0.2, 0.25) is 0 Å². The van der Waals surface area contributed by atoms with Gasteiger partial charge in [-0.05, 0) is 6.42 Å². The SMILES string of the molecule is CCCN/C(=C\C(=O)C(C)(C)C)C(C)(C)C. The van der Waals surface area contributed by atoms with Crippen LogP contribution in [0.3, 0.4) is 0 Å². The zero-order chi connectivity index (χ0) is 13.0. The van der Waals surface area contributed by atoms with E-state index in [1.165, 1.54) is 0 Å². The molecule has 0 spiro atoms. The van der Waals surface area contributed by atoms with Crippen molar-refractivity contribution >= 4 is 5.78 Å². The van der Waals surface area contributed by atoms with Crippen LogP contribution in [0, 0.1) is 10.8 Å². The van der Waals surface area contributed by atoms with E-state index in [0.29, 0.717) is 0 Å². The first-order chi connectivity index (χ1) is 7.09. The van der Waals surface area contributed by atoms with Gasteiger partial charge in [0, 0.05) is 29.1 Å². The lowest BCUT2D eigenvalue weighted by atomic mass is 9.85. The Hall–Kier alpha value is -0.790. The molecule has 0 radical (unpaired) electrons. The summed E-state index contributed by atoms with van der Waals surface area (Å²) in [6.07, 6.45) is 2.84. The minimum absolute atomic E-state index is 0.00389. The van der Waals surface area contributed by atoms with Gasteiger partial charge in [0.05, 0.1) is 0 Å². The second-order valence-corrected chi connectivity index (χ2v) is 6.35. The molecule has 0 aliphatic rings. The van der Waals surface area contributed by atoms with E-state index in [2.05, 4.69) is 33.0 Å². The van der Waals surface area contributed by atoms with E-state index in [-0.39, 0.29) is 16.6 Å². The highest BCUT2D eigenvalue weighted by molar-refractivity contribution is 5.94. The van der Waals surface area contributed by atoms with Gasteiger partial charge < -0.3 is 5.32 Å². The summed E-state index contributed by atoms with van der Waals surface area (Å²) in [5.41, 5.74) is 0.731. The molecule has 16 heavy (non-hydrogen) atoms. The van der Waals surface area contributed by atoms with Gasteiger partial charge >= 0.3 is 0 Å². The van der Waals surface area contributed by atoms with Crippen molar-refractivity contribution in [2.75, 3.05) is 6.54 Å². The Kier molecular flexibility index (Phi) is 5.24. The number of carbonyl (C=O) groups excluding carboxylic acids is 1. The third-order valence-electron chi connectivity index (χ3n) is 2.39. The third-order valence-corrected chi connectivity index (χ3v) is 2.39. The van der Waals surface area contributed by atoms with E-state index in [0.717, 1.165) is 18.7 Å². The predicted octanol–water partition coefficient (Wildman–Crippen LogP) is 3.53. The standard InChI is InChI=1S/C14H27NO/c1-8-9-15-11(13(2,3)4)10-12(16)14(5,6)7/h10,15H,8-9H2,1-7H3/b11-10-. The van der Waals surface area contributed by atoms with Gasteiger partial charge in [0.1, 0.15) is 0 Å². The second kappa shape index (κ2) is 5.51. The van der Waals surface area contributed by atoms with E-state index in [4.69, 9.17) is 0 Å². The highest BCUT2D eigenvalue weighted by Crippen LogP contribution is 2.25. The molecule has 0 rings (SSSR count). The molecular formula is C14H27NO. The number of nitrogens with one attached hydrogen (secondary N) is 1. The van der Waals surface area contributed by atoms with E-state index in [1.54, 1.807) is 6.08 Å². The molecule has 0 aromatic heterocycles. The largest absolute Gasteiger partial charge is 0.388 e. The van der Waals surface area contributed by atoms with E-state index in [9.17, 15) is 4.79 Å². The molecule has 0 aliphatic carbocycles. The molecule has 2 nitrogen and oxygen atoms in total. The molecule has 94 valence electrons. The quantitative estimate of drug-likeness (QED) is 0.742. The second-order valence-electron chi connectivity index (χ2n) is 6.35. The molecule has 0 heterocycles. The Labute approximate surface area is 101 Å². The maximum absolute atomic E-state index is 12.0. The van der Waals surface area contributed by atoms with Crippen LogP contribution in [-0.2, 0) is 4.79 Å². The molecule has 0 atom stereocenters. The van der Waals surface area contributed by atoms with Gasteiger partial charge in [-0.15, -0.1) is 0 Å². The number of carbonyl (C=O) groups is 1. The van der Waals surface area contributed by atoms with Gasteiger partial charge in [-0.1, -0.05) is 48.5 Å². The van der Waals surface area contributed by atoms with Crippen LogP contribution < -0.4 is 5.32 Å². The molecule has 0 saturated heterocycles. The first-order valence-electron chi connectivity index (χ1n) is 6.09. The van der Waals surface area contributed by atoms with Gasteiger partial charge in [0.15, 0.2) is 5.78 Å². The fraction of sp³-hybridized carbons (Fsp3) is 0.786. The third kappa shape index (κ3) is 5.34. The Bertz CT molecular complexity index is 263. The summed E-state index contributed by atoms with van der Waals surface area (Å²) >= 11 is 0. The number of ketones is 1. The van der Waals surface area contributed by atoms with Gasteiger partial charge in [0.2, 0.25) is 0 Å². The molecule has 1 N–H and O–H groups in total. The summed E-state index contributed by atoms with van der Waals surface area (Å²) in [5, 5.41) is 3.35. The molecule has 2 heteroatoms. The summed E-state index contributed by atoms with van der Waals surface area (Å²) in [7, 11) is 0. The number of hydrogen-bond acceptors (Lipinski definition) is 2. The summed E-state index contributed by atoms with van der Waals surface area (Å²) in [5.74, 6) is 0.182. The number of allylic oxidation sites excluding steroid dienone is 2. The molecule has 0 saturated carbocycles. The molecule has 0 aliphatic heterocycles. The molecule has 0 aromatic rings.